The number of rotatable bonds is 2. The van der Waals surface area contributed by atoms with Gasteiger partial charge in [0.2, 0.25) is 0 Å². The third-order valence-corrected chi connectivity index (χ3v) is 11.9. The summed E-state index contributed by atoms with van der Waals surface area (Å²) in [6.45, 7) is 0. The molecule has 10 aromatic rings. The lowest BCUT2D eigenvalue weighted by Gasteiger charge is -2.20. The summed E-state index contributed by atoms with van der Waals surface area (Å²) in [4.78, 5) is 0. The van der Waals surface area contributed by atoms with Crippen LogP contribution in [0.5, 0.6) is 0 Å². The molecule has 1 aliphatic carbocycles. The number of thiophene rings is 1. The molecule has 0 unspecified atom stereocenters. The number of benzene rings is 9. The van der Waals surface area contributed by atoms with E-state index in [4.69, 9.17) is 0 Å². The average molecular weight is 637 g/mol. The summed E-state index contributed by atoms with van der Waals surface area (Å²) in [5.74, 6) is 0. The number of hydrogen-bond acceptors (Lipinski definition) is 1. The van der Waals surface area contributed by atoms with Crippen LogP contribution in [-0.4, -0.2) is 0 Å². The minimum Gasteiger partial charge on any atom is -0.135 e. The molecule has 1 aliphatic rings. The zero-order valence-electron chi connectivity index (χ0n) is 26.6. The Hall–Kier alpha value is -6.02. The van der Waals surface area contributed by atoms with Gasteiger partial charge < -0.3 is 0 Å². The molecule has 11 rings (SSSR count). The summed E-state index contributed by atoms with van der Waals surface area (Å²) < 4.78 is 2.68. The second kappa shape index (κ2) is 10.2. The maximum Gasteiger partial charge on any atom is 0.0434 e. The molecular weight excluding hydrogens is 609 g/mol. The quantitative estimate of drug-likeness (QED) is 0.166. The Balaban J connectivity index is 1.28. The van der Waals surface area contributed by atoms with Gasteiger partial charge in [-0.05, 0) is 88.5 Å². The summed E-state index contributed by atoms with van der Waals surface area (Å²) in [7, 11) is 0. The molecule has 0 saturated carbocycles. The second-order valence-corrected chi connectivity index (χ2v) is 14.2. The fraction of sp³-hybridized carbons (Fsp3) is 0. The van der Waals surface area contributed by atoms with Gasteiger partial charge in [0.05, 0.1) is 0 Å². The summed E-state index contributed by atoms with van der Waals surface area (Å²) >= 11 is 1.91. The van der Waals surface area contributed by atoms with Crippen molar-refractivity contribution < 1.29 is 0 Å². The van der Waals surface area contributed by atoms with E-state index in [-0.39, 0.29) is 0 Å². The number of hydrogen-bond donors (Lipinski definition) is 0. The molecule has 1 heteroatoms. The molecule has 1 aromatic heterocycles. The van der Waals surface area contributed by atoms with Crippen molar-refractivity contribution >= 4 is 63.8 Å². The molecule has 0 nitrogen and oxygen atoms in total. The summed E-state index contributed by atoms with van der Waals surface area (Å²) in [6.07, 6.45) is 0. The van der Waals surface area contributed by atoms with E-state index in [0.29, 0.717) is 0 Å². The van der Waals surface area contributed by atoms with E-state index in [0.717, 1.165) is 0 Å². The third-order valence-electron chi connectivity index (χ3n) is 10.6. The molecule has 49 heavy (non-hydrogen) atoms. The summed E-state index contributed by atoms with van der Waals surface area (Å²) in [5, 5.41) is 10.4. The molecule has 0 amide bonds. The van der Waals surface area contributed by atoms with Gasteiger partial charge in [-0.1, -0.05) is 164 Å². The molecule has 226 valence electrons. The SMILES string of the molecule is c1ccc2c(c1)-c1ccccc1-c1ccc(-c3c4ccccc4c(-c4cccc5c4sc4ccccc45)c4ccccc34)c3cccc-2c13. The Kier molecular flexibility index (Phi) is 5.64. The first kappa shape index (κ1) is 27.0. The van der Waals surface area contributed by atoms with Crippen LogP contribution in [0.3, 0.4) is 0 Å². The molecule has 0 aliphatic heterocycles. The van der Waals surface area contributed by atoms with Crippen molar-refractivity contribution in [2.45, 2.75) is 0 Å². The van der Waals surface area contributed by atoms with Gasteiger partial charge >= 0.3 is 0 Å². The predicted octanol–water partition coefficient (Wildman–Crippen LogP) is 14.2. The van der Waals surface area contributed by atoms with Gasteiger partial charge in [0.15, 0.2) is 0 Å². The van der Waals surface area contributed by atoms with Crippen molar-refractivity contribution in [2.24, 2.45) is 0 Å². The second-order valence-electron chi connectivity index (χ2n) is 13.1. The van der Waals surface area contributed by atoms with Crippen LogP contribution in [0.2, 0.25) is 0 Å². The first-order valence-corrected chi connectivity index (χ1v) is 17.8. The fourth-order valence-electron chi connectivity index (χ4n) is 8.63. The highest BCUT2D eigenvalue weighted by Crippen LogP contribution is 2.52. The Morgan fingerprint density at radius 1 is 0.245 bits per heavy atom. The first-order valence-electron chi connectivity index (χ1n) is 16.9. The first-order chi connectivity index (χ1) is 24.3. The van der Waals surface area contributed by atoms with Crippen molar-refractivity contribution in [1.29, 1.82) is 0 Å². The number of fused-ring (bicyclic) bond motifs is 10. The van der Waals surface area contributed by atoms with E-state index >= 15 is 0 Å². The molecule has 9 aromatic carbocycles. The van der Waals surface area contributed by atoms with Gasteiger partial charge in [-0.3, -0.25) is 0 Å². The van der Waals surface area contributed by atoms with Crippen LogP contribution in [0, 0.1) is 0 Å². The Morgan fingerprint density at radius 3 is 1.24 bits per heavy atom. The van der Waals surface area contributed by atoms with E-state index in [9.17, 15) is 0 Å². The summed E-state index contributed by atoms with van der Waals surface area (Å²) in [5.41, 5.74) is 12.9. The topological polar surface area (TPSA) is 0 Å². The van der Waals surface area contributed by atoms with Crippen molar-refractivity contribution in [3.8, 4) is 55.6 Å². The van der Waals surface area contributed by atoms with Gasteiger partial charge in [0.1, 0.15) is 0 Å². The van der Waals surface area contributed by atoms with Crippen LogP contribution >= 0.6 is 11.3 Å². The lowest BCUT2D eigenvalue weighted by molar-refractivity contribution is 1.62. The van der Waals surface area contributed by atoms with Crippen LogP contribution in [0.4, 0.5) is 0 Å². The van der Waals surface area contributed by atoms with Crippen molar-refractivity contribution in [3.63, 3.8) is 0 Å². The zero-order valence-corrected chi connectivity index (χ0v) is 27.4. The van der Waals surface area contributed by atoms with E-state index in [2.05, 4.69) is 170 Å². The van der Waals surface area contributed by atoms with Gasteiger partial charge in [0, 0.05) is 25.7 Å². The fourth-order valence-corrected chi connectivity index (χ4v) is 9.85. The Labute approximate surface area is 288 Å². The maximum atomic E-state index is 2.38. The minimum atomic E-state index is 1.27. The van der Waals surface area contributed by atoms with Gasteiger partial charge in [-0.15, -0.1) is 11.3 Å². The lowest BCUT2D eigenvalue weighted by atomic mass is 9.83. The normalized spacial score (nSPS) is 12.1. The van der Waals surface area contributed by atoms with Gasteiger partial charge in [0.25, 0.3) is 0 Å². The van der Waals surface area contributed by atoms with E-state index in [1.165, 1.54) is 108 Å². The maximum absolute atomic E-state index is 2.38. The average Bonchev–Trinajstić information content (AvgIpc) is 3.50. The molecule has 0 spiro atoms. The molecule has 0 radical (unpaired) electrons. The molecule has 0 fully saturated rings. The molecular formula is C48H28S. The van der Waals surface area contributed by atoms with Gasteiger partial charge in [-0.25, -0.2) is 0 Å². The van der Waals surface area contributed by atoms with Crippen LogP contribution in [0.15, 0.2) is 170 Å². The minimum absolute atomic E-state index is 1.27. The Bertz CT molecular complexity index is 2890. The smallest absolute Gasteiger partial charge is 0.0434 e. The van der Waals surface area contributed by atoms with E-state index < -0.39 is 0 Å². The monoisotopic (exact) mass is 636 g/mol. The molecule has 0 N–H and O–H groups in total. The van der Waals surface area contributed by atoms with Crippen LogP contribution in [0.1, 0.15) is 0 Å². The molecule has 0 saturated heterocycles. The highest BCUT2D eigenvalue weighted by atomic mass is 32.1. The molecule has 0 bridgehead atoms. The standard InChI is InChI=1S/C48H28S/c1-3-15-31-29(13-1)30-14-2-4-16-32(30)40-27-28-41(39-23-11-22-34(31)45(39)40)46-35-18-5-7-20-37(35)47(38-21-8-6-19-36(38)46)43-25-12-24-42-33-17-9-10-26-44(33)49-48(42)43/h1-28H. The highest BCUT2D eigenvalue weighted by molar-refractivity contribution is 7.26. The third kappa shape index (κ3) is 3.74. The van der Waals surface area contributed by atoms with Gasteiger partial charge in [-0.2, -0.15) is 0 Å². The van der Waals surface area contributed by atoms with Crippen molar-refractivity contribution in [2.75, 3.05) is 0 Å². The zero-order chi connectivity index (χ0) is 32.1. The Morgan fingerprint density at radius 2 is 0.633 bits per heavy atom. The summed E-state index contributed by atoms with van der Waals surface area (Å²) in [6, 6.07) is 63.2. The van der Waals surface area contributed by atoms with Crippen LogP contribution < -0.4 is 0 Å². The van der Waals surface area contributed by atoms with Crippen molar-refractivity contribution in [3.05, 3.63) is 170 Å². The van der Waals surface area contributed by atoms with E-state index in [1.54, 1.807) is 0 Å². The highest BCUT2D eigenvalue weighted by Gasteiger charge is 2.24. The molecule has 0 atom stereocenters. The van der Waals surface area contributed by atoms with E-state index in [1.807, 2.05) is 11.3 Å². The molecule has 1 heterocycles. The predicted molar refractivity (Wildman–Crippen MR) is 213 cm³/mol. The lowest BCUT2D eigenvalue weighted by Crippen LogP contribution is -1.93. The van der Waals surface area contributed by atoms with Crippen molar-refractivity contribution in [1.82, 2.24) is 0 Å². The van der Waals surface area contributed by atoms with Crippen LogP contribution in [0.25, 0.3) is 108 Å². The largest absolute Gasteiger partial charge is 0.135 e. The van der Waals surface area contributed by atoms with Crippen LogP contribution in [-0.2, 0) is 0 Å².